The van der Waals surface area contributed by atoms with Crippen LogP contribution in [-0.2, 0) is 17.6 Å². The number of benzene rings is 1. The van der Waals surface area contributed by atoms with Gasteiger partial charge >= 0.3 is 5.97 Å². The van der Waals surface area contributed by atoms with Crippen LogP contribution in [0.2, 0.25) is 0 Å². The van der Waals surface area contributed by atoms with E-state index >= 15 is 0 Å². The van der Waals surface area contributed by atoms with Gasteiger partial charge in [-0.2, -0.15) is 0 Å². The molecule has 0 amide bonds. The molecule has 19 heavy (non-hydrogen) atoms. The van der Waals surface area contributed by atoms with Crippen molar-refractivity contribution >= 4 is 11.7 Å². The van der Waals surface area contributed by atoms with Gasteiger partial charge in [-0.15, -0.1) is 0 Å². The predicted molar refractivity (Wildman–Crippen MR) is 77.7 cm³/mol. The highest BCUT2D eigenvalue weighted by molar-refractivity contribution is 5.74. The molecule has 2 atom stereocenters. The van der Waals surface area contributed by atoms with Crippen LogP contribution < -0.4 is 4.90 Å². The second-order valence-electron chi connectivity index (χ2n) is 5.30. The van der Waals surface area contributed by atoms with E-state index in [0.29, 0.717) is 0 Å². The lowest BCUT2D eigenvalue weighted by molar-refractivity contribution is -0.141. The maximum absolute atomic E-state index is 11.3. The smallest absolute Gasteiger partial charge is 0.308 e. The molecule has 3 heteroatoms. The molecular formula is C16H23NO2. The summed E-state index contributed by atoms with van der Waals surface area (Å²) >= 11 is 0. The van der Waals surface area contributed by atoms with E-state index in [9.17, 15) is 9.90 Å². The second kappa shape index (κ2) is 5.64. The molecule has 0 radical (unpaired) electrons. The molecule has 0 bridgehead atoms. The van der Waals surface area contributed by atoms with Crippen molar-refractivity contribution in [2.24, 2.45) is 5.92 Å². The molecule has 0 spiro atoms. The Balaban J connectivity index is 2.39. The van der Waals surface area contributed by atoms with Crippen LogP contribution in [0.3, 0.4) is 0 Å². The van der Waals surface area contributed by atoms with E-state index in [-0.39, 0.29) is 12.0 Å². The van der Waals surface area contributed by atoms with Crippen molar-refractivity contribution in [1.82, 2.24) is 0 Å². The Morgan fingerprint density at radius 1 is 1.32 bits per heavy atom. The van der Waals surface area contributed by atoms with Crippen LogP contribution in [0.4, 0.5) is 5.69 Å². The average Bonchev–Trinajstić information content (AvgIpc) is 2.79. The Hall–Kier alpha value is -1.51. The van der Waals surface area contributed by atoms with Gasteiger partial charge in [0.05, 0.1) is 5.92 Å². The van der Waals surface area contributed by atoms with Gasteiger partial charge in [-0.3, -0.25) is 4.79 Å². The number of hydrogen-bond donors (Lipinski definition) is 1. The zero-order chi connectivity index (χ0) is 14.0. The first kappa shape index (κ1) is 13.9. The van der Waals surface area contributed by atoms with E-state index in [1.165, 1.54) is 16.8 Å². The van der Waals surface area contributed by atoms with Crippen molar-refractivity contribution in [3.05, 3.63) is 29.3 Å². The minimum absolute atomic E-state index is 0.0792. The highest BCUT2D eigenvalue weighted by Crippen LogP contribution is 2.35. The summed E-state index contributed by atoms with van der Waals surface area (Å²) in [6.07, 6.45) is 2.73. The largest absolute Gasteiger partial charge is 0.481 e. The summed E-state index contributed by atoms with van der Waals surface area (Å²) in [4.78, 5) is 13.6. The quantitative estimate of drug-likeness (QED) is 0.905. The zero-order valence-corrected chi connectivity index (χ0v) is 12.0. The van der Waals surface area contributed by atoms with E-state index in [1.54, 1.807) is 0 Å². The first-order valence-electron chi connectivity index (χ1n) is 7.20. The van der Waals surface area contributed by atoms with Crippen molar-refractivity contribution in [3.8, 4) is 0 Å². The average molecular weight is 261 g/mol. The van der Waals surface area contributed by atoms with E-state index in [2.05, 4.69) is 36.9 Å². The summed E-state index contributed by atoms with van der Waals surface area (Å²) in [5.74, 6) is -0.906. The molecule has 0 saturated carbocycles. The number of nitrogens with zero attached hydrogens (tertiary/aromatic N) is 1. The normalized spacial score (nSPS) is 22.8. The molecule has 1 fully saturated rings. The second-order valence-corrected chi connectivity index (χ2v) is 5.30. The van der Waals surface area contributed by atoms with Crippen molar-refractivity contribution in [1.29, 1.82) is 0 Å². The SMILES string of the molecule is CCc1cccc(CC)c1N1CCC(C(=O)O)C1C. The third-order valence-corrected chi connectivity index (χ3v) is 4.32. The lowest BCUT2D eigenvalue weighted by Gasteiger charge is -2.30. The molecule has 1 saturated heterocycles. The maximum Gasteiger partial charge on any atom is 0.308 e. The van der Waals surface area contributed by atoms with Gasteiger partial charge in [0, 0.05) is 18.3 Å². The third-order valence-electron chi connectivity index (χ3n) is 4.32. The molecule has 1 aliphatic heterocycles. The summed E-state index contributed by atoms with van der Waals surface area (Å²) in [5.41, 5.74) is 3.94. The lowest BCUT2D eigenvalue weighted by atomic mass is 9.99. The summed E-state index contributed by atoms with van der Waals surface area (Å²) in [6.45, 7) is 7.21. The van der Waals surface area contributed by atoms with Crippen LogP contribution in [0.5, 0.6) is 0 Å². The van der Waals surface area contributed by atoms with Gasteiger partial charge in [0.15, 0.2) is 0 Å². The Labute approximate surface area is 115 Å². The van der Waals surface area contributed by atoms with Gasteiger partial charge in [-0.05, 0) is 37.3 Å². The number of carboxylic acid groups (broad SMARTS) is 1. The van der Waals surface area contributed by atoms with Crippen molar-refractivity contribution in [2.75, 3.05) is 11.4 Å². The molecule has 1 heterocycles. The highest BCUT2D eigenvalue weighted by Gasteiger charge is 2.36. The van der Waals surface area contributed by atoms with Crippen molar-refractivity contribution < 1.29 is 9.90 Å². The molecule has 1 aromatic rings. The topological polar surface area (TPSA) is 40.5 Å². The molecule has 0 aromatic heterocycles. The number of carbonyl (C=O) groups is 1. The van der Waals surface area contributed by atoms with Crippen LogP contribution in [0, 0.1) is 5.92 Å². The van der Waals surface area contributed by atoms with E-state index in [4.69, 9.17) is 0 Å². The molecule has 3 nitrogen and oxygen atoms in total. The first-order valence-corrected chi connectivity index (χ1v) is 7.20. The molecular weight excluding hydrogens is 238 g/mol. The number of para-hydroxylation sites is 1. The Bertz CT molecular complexity index is 448. The summed E-state index contributed by atoms with van der Waals surface area (Å²) < 4.78 is 0. The van der Waals surface area contributed by atoms with E-state index < -0.39 is 5.97 Å². The predicted octanol–water partition coefficient (Wildman–Crippen LogP) is 3.11. The van der Waals surface area contributed by atoms with E-state index in [1.807, 2.05) is 6.92 Å². The zero-order valence-electron chi connectivity index (χ0n) is 12.0. The molecule has 1 aromatic carbocycles. The number of rotatable bonds is 4. The molecule has 104 valence electrons. The molecule has 1 N–H and O–H groups in total. The van der Waals surface area contributed by atoms with Crippen molar-refractivity contribution in [2.45, 2.75) is 46.1 Å². The molecule has 1 aliphatic rings. The lowest BCUT2D eigenvalue weighted by Crippen LogP contribution is -2.34. The summed E-state index contributed by atoms with van der Waals surface area (Å²) in [5, 5.41) is 9.27. The number of aliphatic carboxylic acids is 1. The number of anilines is 1. The van der Waals surface area contributed by atoms with Crippen LogP contribution in [0.1, 0.15) is 38.3 Å². The fourth-order valence-electron chi connectivity index (χ4n) is 3.17. The molecule has 2 rings (SSSR count). The highest BCUT2D eigenvalue weighted by atomic mass is 16.4. The fraction of sp³-hybridized carbons (Fsp3) is 0.562. The third kappa shape index (κ3) is 2.46. The van der Waals surface area contributed by atoms with Crippen LogP contribution in [-0.4, -0.2) is 23.7 Å². The minimum Gasteiger partial charge on any atom is -0.481 e. The monoisotopic (exact) mass is 261 g/mol. The van der Waals surface area contributed by atoms with E-state index in [0.717, 1.165) is 25.8 Å². The van der Waals surface area contributed by atoms with Gasteiger partial charge in [-0.1, -0.05) is 32.0 Å². The Kier molecular flexibility index (Phi) is 4.13. The van der Waals surface area contributed by atoms with Gasteiger partial charge in [0.1, 0.15) is 0 Å². The van der Waals surface area contributed by atoms with Gasteiger partial charge in [0.25, 0.3) is 0 Å². The molecule has 0 aliphatic carbocycles. The van der Waals surface area contributed by atoms with Gasteiger partial charge in [0.2, 0.25) is 0 Å². The standard InChI is InChI=1S/C16H23NO2/c1-4-12-7-6-8-13(5-2)15(12)17-10-9-14(11(17)3)16(18)19/h6-8,11,14H,4-5,9-10H2,1-3H3,(H,18,19). The first-order chi connectivity index (χ1) is 9.10. The van der Waals surface area contributed by atoms with Crippen molar-refractivity contribution in [3.63, 3.8) is 0 Å². The maximum atomic E-state index is 11.3. The minimum atomic E-state index is -0.665. The van der Waals surface area contributed by atoms with Crippen LogP contribution in [0.15, 0.2) is 18.2 Å². The fourth-order valence-corrected chi connectivity index (χ4v) is 3.17. The number of carboxylic acids is 1. The van der Waals surface area contributed by atoms with Crippen LogP contribution >= 0.6 is 0 Å². The van der Waals surface area contributed by atoms with Gasteiger partial charge < -0.3 is 10.0 Å². The summed E-state index contributed by atoms with van der Waals surface area (Å²) in [7, 11) is 0. The Morgan fingerprint density at radius 3 is 2.32 bits per heavy atom. The number of hydrogen-bond acceptors (Lipinski definition) is 2. The number of aryl methyl sites for hydroxylation is 2. The van der Waals surface area contributed by atoms with Gasteiger partial charge in [-0.25, -0.2) is 0 Å². The Morgan fingerprint density at radius 2 is 1.89 bits per heavy atom. The summed E-state index contributed by atoms with van der Waals surface area (Å²) in [6, 6.07) is 6.51. The van der Waals surface area contributed by atoms with Crippen LogP contribution in [0.25, 0.3) is 0 Å². The molecule has 2 unspecified atom stereocenters.